The molecule has 1 saturated heterocycles. The lowest BCUT2D eigenvalue weighted by atomic mass is 10.1. The molecule has 0 aromatic carbocycles. The molecule has 72 valence electrons. The van der Waals surface area contributed by atoms with E-state index < -0.39 is 12.0 Å². The van der Waals surface area contributed by atoms with Crippen molar-refractivity contribution >= 4 is 18.4 Å². The lowest BCUT2D eigenvalue weighted by Gasteiger charge is -2.31. The zero-order chi connectivity index (χ0) is 8.43. The van der Waals surface area contributed by atoms with E-state index in [1.807, 2.05) is 6.92 Å². The first kappa shape index (κ1) is 11.7. The van der Waals surface area contributed by atoms with E-state index in [1.54, 1.807) is 6.92 Å². The Morgan fingerprint density at radius 1 is 1.58 bits per heavy atom. The maximum Gasteiger partial charge on any atom is 0.323 e. The number of rotatable bonds is 1. The van der Waals surface area contributed by atoms with Crippen LogP contribution in [0.15, 0.2) is 0 Å². The molecule has 0 bridgehead atoms. The summed E-state index contributed by atoms with van der Waals surface area (Å²) in [7, 11) is 0. The smallest absolute Gasteiger partial charge is 0.323 e. The number of hydrogen-bond acceptors (Lipinski definition) is 3. The average molecular weight is 196 g/mol. The summed E-state index contributed by atoms with van der Waals surface area (Å²) >= 11 is 0. The summed E-state index contributed by atoms with van der Waals surface area (Å²) in [4.78, 5) is 10.5. The molecule has 0 aliphatic carbocycles. The molecule has 2 N–H and O–H groups in total. The second-order valence-corrected chi connectivity index (χ2v) is 2.88. The fourth-order valence-electron chi connectivity index (χ4n) is 1.24. The van der Waals surface area contributed by atoms with E-state index >= 15 is 0 Å². The normalized spacial score (nSPS) is 35.3. The van der Waals surface area contributed by atoms with Crippen molar-refractivity contribution in [1.29, 1.82) is 0 Å². The van der Waals surface area contributed by atoms with Gasteiger partial charge in [-0.05, 0) is 13.8 Å². The Kier molecular flexibility index (Phi) is 4.52. The predicted molar refractivity (Wildman–Crippen MR) is 46.7 cm³/mol. The standard InChI is InChI=1S/C7H13NO3.ClH/c1-4-3-8-6(7(9)10)5(2)11-4;/h4-6,8H,3H2,1-2H3,(H,9,10);1H. The van der Waals surface area contributed by atoms with E-state index in [1.165, 1.54) is 0 Å². The Hall–Kier alpha value is -0.320. The van der Waals surface area contributed by atoms with Crippen LogP contribution >= 0.6 is 12.4 Å². The number of aliphatic carboxylic acids is 1. The summed E-state index contributed by atoms with van der Waals surface area (Å²) in [6.07, 6.45) is -0.128. The number of hydrogen-bond donors (Lipinski definition) is 2. The van der Waals surface area contributed by atoms with Gasteiger partial charge in [0.2, 0.25) is 0 Å². The van der Waals surface area contributed by atoms with Gasteiger partial charge in [0, 0.05) is 6.54 Å². The zero-order valence-corrected chi connectivity index (χ0v) is 7.93. The molecule has 4 nitrogen and oxygen atoms in total. The summed E-state index contributed by atoms with van der Waals surface area (Å²) in [6, 6.07) is -0.550. The Morgan fingerprint density at radius 3 is 2.58 bits per heavy atom. The zero-order valence-electron chi connectivity index (χ0n) is 7.11. The van der Waals surface area contributed by atoms with Crippen LogP contribution in [-0.2, 0) is 9.53 Å². The molecule has 1 aliphatic rings. The van der Waals surface area contributed by atoms with Crippen molar-refractivity contribution in [3.8, 4) is 0 Å². The maximum atomic E-state index is 10.5. The van der Waals surface area contributed by atoms with Gasteiger partial charge >= 0.3 is 5.97 Å². The van der Waals surface area contributed by atoms with Crippen molar-refractivity contribution < 1.29 is 14.6 Å². The number of carboxylic acid groups (broad SMARTS) is 1. The highest BCUT2D eigenvalue weighted by Gasteiger charge is 2.30. The van der Waals surface area contributed by atoms with Crippen LogP contribution in [0.25, 0.3) is 0 Å². The van der Waals surface area contributed by atoms with Gasteiger partial charge in [-0.2, -0.15) is 0 Å². The van der Waals surface area contributed by atoms with Crippen LogP contribution in [0.5, 0.6) is 0 Å². The molecule has 0 spiro atoms. The molecule has 1 aliphatic heterocycles. The molecule has 3 atom stereocenters. The first-order valence-electron chi connectivity index (χ1n) is 3.73. The van der Waals surface area contributed by atoms with Gasteiger partial charge in [-0.15, -0.1) is 12.4 Å². The first-order chi connectivity index (χ1) is 5.11. The molecule has 1 rings (SSSR count). The van der Waals surface area contributed by atoms with Crippen molar-refractivity contribution in [2.45, 2.75) is 32.1 Å². The second kappa shape index (κ2) is 4.64. The molecule has 1 heterocycles. The molecule has 5 heteroatoms. The van der Waals surface area contributed by atoms with Crippen LogP contribution < -0.4 is 5.32 Å². The van der Waals surface area contributed by atoms with Crippen LogP contribution in [0.4, 0.5) is 0 Å². The second-order valence-electron chi connectivity index (χ2n) is 2.88. The first-order valence-corrected chi connectivity index (χ1v) is 3.73. The van der Waals surface area contributed by atoms with Gasteiger partial charge in [-0.1, -0.05) is 0 Å². The summed E-state index contributed by atoms with van der Waals surface area (Å²) in [6.45, 7) is 4.30. The van der Waals surface area contributed by atoms with Crippen LogP contribution in [-0.4, -0.2) is 35.9 Å². The van der Waals surface area contributed by atoms with Crippen molar-refractivity contribution in [3.63, 3.8) is 0 Å². The van der Waals surface area contributed by atoms with Crippen LogP contribution in [0, 0.1) is 0 Å². The molecule has 0 saturated carbocycles. The Bertz CT molecular complexity index is 165. The van der Waals surface area contributed by atoms with E-state index in [4.69, 9.17) is 9.84 Å². The molecule has 1 fully saturated rings. The van der Waals surface area contributed by atoms with E-state index in [0.29, 0.717) is 6.54 Å². The van der Waals surface area contributed by atoms with Crippen molar-refractivity contribution in [1.82, 2.24) is 5.32 Å². The highest BCUT2D eigenvalue weighted by Crippen LogP contribution is 2.08. The molecule has 3 unspecified atom stereocenters. The topological polar surface area (TPSA) is 58.6 Å². The number of ether oxygens (including phenoxy) is 1. The summed E-state index contributed by atoms with van der Waals surface area (Å²) in [5.74, 6) is -0.843. The molecular formula is C7H14ClNO3. The lowest BCUT2D eigenvalue weighted by Crippen LogP contribution is -2.54. The van der Waals surface area contributed by atoms with Crippen molar-refractivity contribution in [3.05, 3.63) is 0 Å². The molecule has 0 aromatic rings. The molecular weight excluding hydrogens is 182 g/mol. The maximum absolute atomic E-state index is 10.5. The van der Waals surface area contributed by atoms with Gasteiger partial charge in [-0.25, -0.2) is 0 Å². The van der Waals surface area contributed by atoms with Gasteiger partial charge in [-0.3, -0.25) is 10.1 Å². The van der Waals surface area contributed by atoms with Gasteiger partial charge < -0.3 is 9.84 Å². The van der Waals surface area contributed by atoms with Crippen LogP contribution in [0.3, 0.4) is 0 Å². The van der Waals surface area contributed by atoms with Crippen LogP contribution in [0.1, 0.15) is 13.8 Å². The third-order valence-corrected chi connectivity index (χ3v) is 1.81. The molecule has 0 amide bonds. The van der Waals surface area contributed by atoms with Crippen molar-refractivity contribution in [2.75, 3.05) is 6.54 Å². The highest BCUT2D eigenvalue weighted by atomic mass is 35.5. The van der Waals surface area contributed by atoms with E-state index in [9.17, 15) is 4.79 Å². The van der Waals surface area contributed by atoms with Gasteiger partial charge in [0.25, 0.3) is 0 Å². The minimum Gasteiger partial charge on any atom is -0.480 e. The van der Waals surface area contributed by atoms with E-state index in [2.05, 4.69) is 5.32 Å². The quantitative estimate of drug-likeness (QED) is 0.630. The molecule has 0 radical (unpaired) electrons. The van der Waals surface area contributed by atoms with Crippen LogP contribution in [0.2, 0.25) is 0 Å². The SMILES string of the molecule is CC1CNC(C(=O)O)C(C)O1.Cl. The average Bonchev–Trinajstić information content (AvgIpc) is 1.85. The summed E-state index contributed by atoms with van der Waals surface area (Å²) in [5, 5.41) is 11.5. The fourth-order valence-corrected chi connectivity index (χ4v) is 1.24. The Balaban J connectivity index is 0.00000121. The number of halogens is 1. The molecule has 12 heavy (non-hydrogen) atoms. The summed E-state index contributed by atoms with van der Waals surface area (Å²) < 4.78 is 5.32. The predicted octanol–water partition coefficient (Wildman–Crippen LogP) is 0.258. The number of carbonyl (C=O) groups is 1. The van der Waals surface area contributed by atoms with Gasteiger partial charge in [0.05, 0.1) is 12.2 Å². The fraction of sp³-hybridized carbons (Fsp3) is 0.857. The summed E-state index contributed by atoms with van der Waals surface area (Å²) in [5.41, 5.74) is 0. The Morgan fingerprint density at radius 2 is 2.17 bits per heavy atom. The number of carboxylic acids is 1. The largest absolute Gasteiger partial charge is 0.480 e. The van der Waals surface area contributed by atoms with Gasteiger partial charge in [0.1, 0.15) is 6.04 Å². The highest BCUT2D eigenvalue weighted by molar-refractivity contribution is 5.85. The van der Waals surface area contributed by atoms with E-state index in [0.717, 1.165) is 0 Å². The minimum atomic E-state index is -0.843. The third kappa shape index (κ3) is 2.62. The van der Waals surface area contributed by atoms with E-state index in [-0.39, 0.29) is 24.6 Å². The minimum absolute atomic E-state index is 0. The van der Waals surface area contributed by atoms with Gasteiger partial charge in [0.15, 0.2) is 0 Å². The number of nitrogens with one attached hydrogen (secondary N) is 1. The van der Waals surface area contributed by atoms with Crippen molar-refractivity contribution in [2.24, 2.45) is 0 Å². The molecule has 0 aromatic heterocycles. The Labute approximate surface area is 77.7 Å². The monoisotopic (exact) mass is 195 g/mol. The number of morpholine rings is 1. The lowest BCUT2D eigenvalue weighted by molar-refractivity contribution is -0.148. The third-order valence-electron chi connectivity index (χ3n) is 1.81.